The van der Waals surface area contributed by atoms with Crippen molar-refractivity contribution in [3.8, 4) is 0 Å². The van der Waals surface area contributed by atoms with Crippen LogP contribution in [0.2, 0.25) is 9.88 Å². The molecule has 0 fully saturated rings. The summed E-state index contributed by atoms with van der Waals surface area (Å²) in [5, 5.41) is 0. The van der Waals surface area contributed by atoms with Crippen molar-refractivity contribution in [3.05, 3.63) is 0 Å². The molecule has 0 aromatic carbocycles. The van der Waals surface area contributed by atoms with Gasteiger partial charge in [-0.3, -0.25) is 0 Å². The van der Waals surface area contributed by atoms with Crippen LogP contribution in [0.1, 0.15) is 13.8 Å². The van der Waals surface area contributed by atoms with E-state index in [0.29, 0.717) is 0 Å². The fourth-order valence-electron chi connectivity index (χ4n) is 0.737. The second-order valence-electron chi connectivity index (χ2n) is 2.27. The Morgan fingerprint density at radius 2 is 1.33 bits per heavy atom. The molecule has 0 saturated heterocycles. The second-order valence-corrected chi connectivity index (χ2v) is 32.4. The van der Waals surface area contributed by atoms with Crippen molar-refractivity contribution in [1.82, 2.24) is 0 Å². The summed E-state index contributed by atoms with van der Waals surface area (Å²) < 4.78 is 0. The van der Waals surface area contributed by atoms with Crippen LogP contribution in [-0.2, 0) is 0 Å². The molecule has 0 aliphatic rings. The van der Waals surface area contributed by atoms with E-state index in [-0.39, 0.29) is 0 Å². The fourth-order valence-corrected chi connectivity index (χ4v) is 21.2. The quantitative estimate of drug-likeness (QED) is 0.720. The summed E-state index contributed by atoms with van der Waals surface area (Å²) >= 11 is -1.54. The molecule has 0 aliphatic heterocycles. The number of rotatable bonds is 4. The predicted octanol–water partition coefficient (Wildman–Crippen LogP) is 3.19. The van der Waals surface area contributed by atoms with Crippen molar-refractivity contribution in [1.29, 1.82) is 0 Å². The monoisotopic (exact) mass is 272 g/mol. The van der Waals surface area contributed by atoms with E-state index >= 15 is 0 Å². The third-order valence-electron chi connectivity index (χ3n) is 0.984. The number of hydrogen-bond donors (Lipinski definition) is 0. The molecular formula is C6H16S2Sn. The van der Waals surface area contributed by atoms with Gasteiger partial charge in [-0.2, -0.15) is 0 Å². The average molecular weight is 271 g/mol. The Morgan fingerprint density at radius 1 is 1.00 bits per heavy atom. The molecular weight excluding hydrogens is 255 g/mol. The van der Waals surface area contributed by atoms with Crippen molar-refractivity contribution >= 4 is 33.5 Å². The van der Waals surface area contributed by atoms with Crippen molar-refractivity contribution in [2.75, 3.05) is 11.5 Å². The van der Waals surface area contributed by atoms with Gasteiger partial charge >= 0.3 is 68.7 Å². The maximum atomic E-state index is 2.50. The molecule has 0 rings (SSSR count). The molecule has 0 aromatic rings. The Hall–Kier alpha value is 1.50. The summed E-state index contributed by atoms with van der Waals surface area (Å²) in [6.07, 6.45) is 0. The van der Waals surface area contributed by atoms with E-state index in [1.54, 1.807) is 0 Å². The Balaban J connectivity index is 3.43. The molecule has 0 aromatic heterocycles. The van der Waals surface area contributed by atoms with Gasteiger partial charge < -0.3 is 0 Å². The molecule has 0 nitrogen and oxygen atoms in total. The van der Waals surface area contributed by atoms with E-state index in [2.05, 4.69) is 41.6 Å². The maximum absolute atomic E-state index is 2.50. The van der Waals surface area contributed by atoms with Gasteiger partial charge in [0, 0.05) is 0 Å². The summed E-state index contributed by atoms with van der Waals surface area (Å²) in [7, 11) is 4.46. The minimum atomic E-state index is -1.54. The van der Waals surface area contributed by atoms with Crippen LogP contribution in [0.3, 0.4) is 0 Å². The van der Waals surface area contributed by atoms with Gasteiger partial charge in [-0.05, 0) is 0 Å². The number of hydrogen-bond acceptors (Lipinski definition) is 2. The van der Waals surface area contributed by atoms with Gasteiger partial charge in [0.05, 0.1) is 0 Å². The van der Waals surface area contributed by atoms with Gasteiger partial charge in [0.2, 0.25) is 0 Å². The van der Waals surface area contributed by atoms with Crippen LogP contribution in [-0.4, -0.2) is 27.1 Å². The first-order valence-corrected chi connectivity index (χ1v) is 18.1. The van der Waals surface area contributed by atoms with Crippen LogP contribution in [0.15, 0.2) is 0 Å². The van der Waals surface area contributed by atoms with Gasteiger partial charge in [-0.1, -0.05) is 0 Å². The molecule has 0 atom stereocenters. The van der Waals surface area contributed by atoms with E-state index in [9.17, 15) is 0 Å². The summed E-state index contributed by atoms with van der Waals surface area (Å²) in [6.45, 7) is 4.53. The minimum absolute atomic E-state index is 1.32. The molecule has 56 valence electrons. The van der Waals surface area contributed by atoms with Crippen LogP contribution in [0.25, 0.3) is 0 Å². The molecule has 0 spiro atoms. The Labute approximate surface area is 68.3 Å². The first-order chi connectivity index (χ1) is 4.12. The average Bonchev–Trinajstić information content (AvgIpc) is 1.64. The summed E-state index contributed by atoms with van der Waals surface area (Å²) in [4.78, 5) is 4.99. The topological polar surface area (TPSA) is 0 Å². The van der Waals surface area contributed by atoms with Gasteiger partial charge in [0.15, 0.2) is 0 Å². The van der Waals surface area contributed by atoms with Crippen LogP contribution in [0, 0.1) is 0 Å². The molecule has 0 N–H and O–H groups in total. The zero-order valence-corrected chi connectivity index (χ0v) is 11.2. The fraction of sp³-hybridized carbons (Fsp3) is 1.00. The van der Waals surface area contributed by atoms with Crippen molar-refractivity contribution < 1.29 is 0 Å². The van der Waals surface area contributed by atoms with E-state index in [0.717, 1.165) is 0 Å². The summed E-state index contributed by atoms with van der Waals surface area (Å²) in [6, 6.07) is 0. The normalized spacial score (nSPS) is 12.0. The van der Waals surface area contributed by atoms with Crippen molar-refractivity contribution in [2.24, 2.45) is 0 Å². The van der Waals surface area contributed by atoms with Crippen molar-refractivity contribution in [3.63, 3.8) is 0 Å². The van der Waals surface area contributed by atoms with Crippen molar-refractivity contribution in [2.45, 2.75) is 23.7 Å². The Kier molecular flexibility index (Phi) is 6.05. The van der Waals surface area contributed by atoms with Gasteiger partial charge in [0.1, 0.15) is 0 Å². The van der Waals surface area contributed by atoms with E-state index in [4.69, 9.17) is 0 Å². The zero-order chi connectivity index (χ0) is 7.33. The SMILES string of the molecule is CC[S][Sn]([CH3])([CH3])[S]CC. The molecule has 0 bridgehead atoms. The Bertz CT molecular complexity index is 65.5. The zero-order valence-electron chi connectivity index (χ0n) is 6.73. The van der Waals surface area contributed by atoms with Crippen LogP contribution in [0.5, 0.6) is 0 Å². The third kappa shape index (κ3) is 5.92. The van der Waals surface area contributed by atoms with E-state index in [1.165, 1.54) is 11.5 Å². The molecule has 0 saturated carbocycles. The second kappa shape index (κ2) is 5.19. The summed E-state index contributed by atoms with van der Waals surface area (Å²) in [5.74, 6) is 2.63. The first kappa shape index (κ1) is 10.5. The summed E-state index contributed by atoms with van der Waals surface area (Å²) in [5.41, 5.74) is 0. The van der Waals surface area contributed by atoms with E-state index < -0.39 is 15.6 Å². The molecule has 0 aliphatic carbocycles. The molecule has 0 heterocycles. The standard InChI is InChI=1S/2C2H6S.2CH3.Sn/c2*1-2-3;;;/h2*3H,2H2,1H3;2*1H3;/q;;;;+2/p-2. The van der Waals surface area contributed by atoms with Gasteiger partial charge in [-0.15, -0.1) is 0 Å². The first-order valence-electron chi connectivity index (χ1n) is 3.40. The third-order valence-corrected chi connectivity index (χ3v) is 24.5. The van der Waals surface area contributed by atoms with E-state index in [1.807, 2.05) is 0 Å². The van der Waals surface area contributed by atoms with Gasteiger partial charge in [0.25, 0.3) is 0 Å². The molecule has 9 heavy (non-hydrogen) atoms. The van der Waals surface area contributed by atoms with Crippen LogP contribution in [0.4, 0.5) is 0 Å². The predicted molar refractivity (Wildman–Crippen MR) is 53.7 cm³/mol. The molecule has 0 amide bonds. The van der Waals surface area contributed by atoms with Crippen LogP contribution < -0.4 is 0 Å². The molecule has 0 unspecified atom stereocenters. The van der Waals surface area contributed by atoms with Gasteiger partial charge in [-0.25, -0.2) is 0 Å². The van der Waals surface area contributed by atoms with Crippen LogP contribution >= 0.6 is 17.9 Å². The molecule has 3 heteroatoms. The Morgan fingerprint density at radius 3 is 1.56 bits per heavy atom. The molecule has 0 radical (unpaired) electrons.